The van der Waals surface area contributed by atoms with E-state index in [9.17, 15) is 14.9 Å². The number of hydrogen-bond acceptors (Lipinski definition) is 5. The van der Waals surface area contributed by atoms with Crippen LogP contribution in [0.2, 0.25) is 10.0 Å². The monoisotopic (exact) mass is 320 g/mol. The normalized spacial score (nSPS) is 10.2. The summed E-state index contributed by atoms with van der Waals surface area (Å²) < 4.78 is 4.86. The summed E-state index contributed by atoms with van der Waals surface area (Å²) in [5.74, 6) is -0.417. The minimum absolute atomic E-state index is 0.0262. The summed E-state index contributed by atoms with van der Waals surface area (Å²) in [6.45, 7) is 4.23. The molecule has 0 aliphatic rings. The van der Waals surface area contributed by atoms with E-state index in [1.165, 1.54) is 12.1 Å². The molecule has 1 aromatic carbocycles. The summed E-state index contributed by atoms with van der Waals surface area (Å²) in [4.78, 5) is 23.3. The number of esters is 1. The second-order valence-electron chi connectivity index (χ2n) is 3.83. The Morgan fingerprint density at radius 3 is 2.30 bits per heavy atom. The van der Waals surface area contributed by atoms with E-state index in [0.29, 0.717) is 12.2 Å². The van der Waals surface area contributed by atoms with Gasteiger partial charge in [0.05, 0.1) is 27.3 Å². The number of rotatable bonds is 6. The quantitative estimate of drug-likeness (QED) is 0.457. The van der Waals surface area contributed by atoms with Crippen molar-refractivity contribution in [3.63, 3.8) is 0 Å². The second kappa shape index (κ2) is 7.31. The maximum Gasteiger partial charge on any atom is 0.325 e. The number of carbonyl (C=O) groups excluding carboxylic acids is 1. The molecule has 20 heavy (non-hydrogen) atoms. The maximum absolute atomic E-state index is 11.5. The molecule has 1 aromatic rings. The molecule has 0 saturated carbocycles. The molecule has 6 nitrogen and oxygen atoms in total. The molecular formula is C12H14Cl2N2O4. The number of hydrogen-bond donors (Lipinski definition) is 0. The maximum atomic E-state index is 11.5. The number of likely N-dealkylation sites (N-methyl/N-ethyl adjacent to an activating group) is 1. The fraction of sp³-hybridized carbons (Fsp3) is 0.417. The van der Waals surface area contributed by atoms with Crippen molar-refractivity contribution >= 4 is 40.5 Å². The molecule has 0 heterocycles. The lowest BCUT2D eigenvalue weighted by molar-refractivity contribution is -0.384. The van der Waals surface area contributed by atoms with Crippen LogP contribution in [0.5, 0.6) is 0 Å². The Morgan fingerprint density at radius 2 is 1.90 bits per heavy atom. The highest BCUT2D eigenvalue weighted by atomic mass is 35.5. The van der Waals surface area contributed by atoms with Gasteiger partial charge in [0.25, 0.3) is 5.69 Å². The lowest BCUT2D eigenvalue weighted by Gasteiger charge is -2.24. The average molecular weight is 321 g/mol. The Morgan fingerprint density at radius 1 is 1.35 bits per heavy atom. The SMILES string of the molecule is CCOC(=O)CN(CC)c1c(Cl)cc([N+](=O)[O-])cc1Cl. The fourth-order valence-electron chi connectivity index (χ4n) is 1.67. The van der Waals surface area contributed by atoms with E-state index in [1.807, 2.05) is 6.92 Å². The van der Waals surface area contributed by atoms with Gasteiger partial charge in [0, 0.05) is 18.7 Å². The second-order valence-corrected chi connectivity index (χ2v) is 4.65. The van der Waals surface area contributed by atoms with Crippen molar-refractivity contribution in [2.24, 2.45) is 0 Å². The standard InChI is InChI=1S/C12H14Cl2N2O4/c1-3-15(7-11(17)20-4-2)12-9(13)5-8(16(18)19)6-10(12)14/h5-6H,3-4,7H2,1-2H3. The van der Waals surface area contributed by atoms with Crippen LogP contribution < -0.4 is 4.90 Å². The summed E-state index contributed by atoms with van der Waals surface area (Å²) >= 11 is 12.1. The van der Waals surface area contributed by atoms with Crippen molar-refractivity contribution in [1.82, 2.24) is 0 Å². The van der Waals surface area contributed by atoms with E-state index in [2.05, 4.69) is 0 Å². The van der Waals surface area contributed by atoms with E-state index in [-0.39, 0.29) is 28.9 Å². The summed E-state index contributed by atoms with van der Waals surface area (Å²) in [6.07, 6.45) is 0. The molecule has 0 bridgehead atoms. The predicted octanol–water partition coefficient (Wildman–Crippen LogP) is 3.29. The van der Waals surface area contributed by atoms with Gasteiger partial charge in [0.2, 0.25) is 0 Å². The van der Waals surface area contributed by atoms with Gasteiger partial charge in [-0.25, -0.2) is 0 Å². The summed E-state index contributed by atoms with van der Waals surface area (Å²) in [5, 5.41) is 11.0. The van der Waals surface area contributed by atoms with Crippen LogP contribution in [0.4, 0.5) is 11.4 Å². The van der Waals surface area contributed by atoms with Crippen LogP contribution >= 0.6 is 23.2 Å². The first-order valence-electron chi connectivity index (χ1n) is 5.94. The average Bonchev–Trinajstić information content (AvgIpc) is 2.36. The molecule has 0 unspecified atom stereocenters. The third-order valence-corrected chi connectivity index (χ3v) is 3.11. The van der Waals surface area contributed by atoms with Crippen molar-refractivity contribution < 1.29 is 14.5 Å². The van der Waals surface area contributed by atoms with Crippen molar-refractivity contribution in [3.8, 4) is 0 Å². The van der Waals surface area contributed by atoms with Gasteiger partial charge in [-0.15, -0.1) is 0 Å². The van der Waals surface area contributed by atoms with Crippen LogP contribution in [0.25, 0.3) is 0 Å². The van der Waals surface area contributed by atoms with Crippen molar-refractivity contribution in [2.45, 2.75) is 13.8 Å². The molecule has 0 N–H and O–H groups in total. The molecule has 0 atom stereocenters. The Labute approximate surface area is 126 Å². The van der Waals surface area contributed by atoms with Gasteiger partial charge in [0.1, 0.15) is 6.54 Å². The van der Waals surface area contributed by atoms with E-state index in [4.69, 9.17) is 27.9 Å². The first-order chi connectivity index (χ1) is 9.40. The number of non-ortho nitro benzene ring substituents is 1. The summed E-state index contributed by atoms with van der Waals surface area (Å²) in [5.41, 5.74) is 0.186. The molecule has 1 rings (SSSR count). The number of anilines is 1. The van der Waals surface area contributed by atoms with Gasteiger partial charge >= 0.3 is 5.97 Å². The minimum atomic E-state index is -0.580. The van der Waals surface area contributed by atoms with E-state index in [1.54, 1.807) is 11.8 Å². The molecular weight excluding hydrogens is 307 g/mol. The van der Waals surface area contributed by atoms with Gasteiger partial charge < -0.3 is 9.64 Å². The third kappa shape index (κ3) is 3.98. The molecule has 0 aromatic heterocycles. The lowest BCUT2D eigenvalue weighted by atomic mass is 10.2. The van der Waals surface area contributed by atoms with Crippen molar-refractivity contribution in [3.05, 3.63) is 32.3 Å². The zero-order valence-electron chi connectivity index (χ0n) is 11.1. The largest absolute Gasteiger partial charge is 0.465 e. The zero-order chi connectivity index (χ0) is 15.3. The number of carbonyl (C=O) groups is 1. The molecule has 110 valence electrons. The predicted molar refractivity (Wildman–Crippen MR) is 77.6 cm³/mol. The van der Waals surface area contributed by atoms with Crippen LogP contribution in [0.1, 0.15) is 13.8 Å². The van der Waals surface area contributed by atoms with Crippen LogP contribution in [-0.2, 0) is 9.53 Å². The van der Waals surface area contributed by atoms with Crippen LogP contribution in [0, 0.1) is 10.1 Å². The molecule has 0 spiro atoms. The lowest BCUT2D eigenvalue weighted by Crippen LogP contribution is -2.31. The Balaban J connectivity index is 3.09. The van der Waals surface area contributed by atoms with E-state index < -0.39 is 10.9 Å². The summed E-state index contributed by atoms with van der Waals surface area (Å²) in [7, 11) is 0. The Bertz CT molecular complexity index is 499. The van der Waals surface area contributed by atoms with E-state index in [0.717, 1.165) is 0 Å². The molecule has 0 saturated heterocycles. The molecule has 8 heteroatoms. The van der Waals surface area contributed by atoms with Crippen LogP contribution in [0.15, 0.2) is 12.1 Å². The van der Waals surface area contributed by atoms with Gasteiger partial charge in [-0.1, -0.05) is 23.2 Å². The van der Waals surface area contributed by atoms with Crippen molar-refractivity contribution in [1.29, 1.82) is 0 Å². The Kier molecular flexibility index (Phi) is 6.04. The van der Waals surface area contributed by atoms with E-state index >= 15 is 0 Å². The summed E-state index contributed by atoms with van der Waals surface area (Å²) in [6, 6.07) is 2.41. The van der Waals surface area contributed by atoms with Crippen LogP contribution in [-0.4, -0.2) is 30.6 Å². The minimum Gasteiger partial charge on any atom is -0.465 e. The third-order valence-electron chi connectivity index (χ3n) is 2.54. The number of ether oxygens (including phenoxy) is 1. The molecule has 0 radical (unpaired) electrons. The molecule has 0 aliphatic heterocycles. The topological polar surface area (TPSA) is 72.7 Å². The van der Waals surface area contributed by atoms with Gasteiger partial charge in [0.15, 0.2) is 0 Å². The Hall–Kier alpha value is -1.53. The molecule has 0 aliphatic carbocycles. The zero-order valence-corrected chi connectivity index (χ0v) is 12.6. The highest BCUT2D eigenvalue weighted by molar-refractivity contribution is 6.39. The van der Waals surface area contributed by atoms with Gasteiger partial charge in [-0.3, -0.25) is 14.9 Å². The molecule has 0 amide bonds. The smallest absolute Gasteiger partial charge is 0.325 e. The van der Waals surface area contributed by atoms with Crippen LogP contribution in [0.3, 0.4) is 0 Å². The van der Waals surface area contributed by atoms with Crippen molar-refractivity contribution in [2.75, 3.05) is 24.6 Å². The first-order valence-corrected chi connectivity index (χ1v) is 6.70. The number of nitrogens with zero attached hydrogens (tertiary/aromatic N) is 2. The highest BCUT2D eigenvalue weighted by Gasteiger charge is 2.20. The molecule has 0 fully saturated rings. The number of nitro groups is 1. The number of benzene rings is 1. The fourth-order valence-corrected chi connectivity index (χ4v) is 2.39. The van der Waals surface area contributed by atoms with Gasteiger partial charge in [-0.05, 0) is 13.8 Å². The van der Waals surface area contributed by atoms with Gasteiger partial charge in [-0.2, -0.15) is 0 Å². The first kappa shape index (κ1) is 16.5. The number of nitro benzene ring substituents is 1. The number of halogens is 2. The highest BCUT2D eigenvalue weighted by Crippen LogP contribution is 2.37.